The first-order chi connectivity index (χ1) is 14.3. The number of fused-ring (bicyclic) bond motifs is 1. The number of hydrogen-bond donors (Lipinski definition) is 2. The minimum Gasteiger partial charge on any atom is -0.508 e. The first-order valence-electron chi connectivity index (χ1n) is 9.99. The molecule has 30 heavy (non-hydrogen) atoms. The second-order valence-corrected chi connectivity index (χ2v) is 10.0. The standard InChI is InChI=1S/C22H24BNO5S/c1-15-14-30(27,28)21-13-23(26)29-20(22(15)21)10-7-17(19-4-2-3-11-24-19)12-16-5-8-18(25)9-6-16/h2-6,8-9,11-12,20-21,25-26H,7,10,13-14H2,1H3/b17-12-/t20-,21+/m1/s1. The molecule has 2 atom stereocenters. The molecule has 0 bridgehead atoms. The van der Waals surface area contributed by atoms with Crippen molar-refractivity contribution in [2.45, 2.75) is 37.4 Å². The third-order valence-electron chi connectivity index (χ3n) is 5.68. The van der Waals surface area contributed by atoms with E-state index in [9.17, 15) is 18.5 Å². The van der Waals surface area contributed by atoms with Crippen molar-refractivity contribution in [1.82, 2.24) is 4.98 Å². The molecule has 0 radical (unpaired) electrons. The molecule has 0 saturated carbocycles. The molecule has 2 aliphatic heterocycles. The summed E-state index contributed by atoms with van der Waals surface area (Å²) >= 11 is 0. The van der Waals surface area contributed by atoms with Crippen LogP contribution in [0.5, 0.6) is 5.75 Å². The second kappa shape index (κ2) is 8.37. The van der Waals surface area contributed by atoms with Crippen LogP contribution in [0, 0.1) is 0 Å². The van der Waals surface area contributed by atoms with Gasteiger partial charge in [-0.25, -0.2) is 8.42 Å². The van der Waals surface area contributed by atoms with Crippen LogP contribution in [-0.2, 0) is 14.5 Å². The van der Waals surface area contributed by atoms with Gasteiger partial charge in [0.1, 0.15) is 5.75 Å². The molecule has 1 aromatic carbocycles. The van der Waals surface area contributed by atoms with Crippen molar-refractivity contribution in [2.24, 2.45) is 0 Å². The van der Waals surface area contributed by atoms with Crippen molar-refractivity contribution >= 4 is 28.6 Å². The summed E-state index contributed by atoms with van der Waals surface area (Å²) in [5, 5.41) is 19.0. The molecule has 4 rings (SSSR count). The van der Waals surface area contributed by atoms with E-state index in [2.05, 4.69) is 4.98 Å². The van der Waals surface area contributed by atoms with Gasteiger partial charge in [0.2, 0.25) is 0 Å². The maximum Gasteiger partial charge on any atom is 0.456 e. The average molecular weight is 425 g/mol. The Hall–Kier alpha value is -2.42. The number of aromatic hydroxyl groups is 1. The topological polar surface area (TPSA) is 96.7 Å². The molecule has 1 saturated heterocycles. The summed E-state index contributed by atoms with van der Waals surface area (Å²) in [6, 6.07) is 12.6. The largest absolute Gasteiger partial charge is 0.508 e. The Balaban J connectivity index is 1.61. The van der Waals surface area contributed by atoms with E-state index in [-0.39, 0.29) is 17.8 Å². The SMILES string of the molecule is CC1=C2[C@@H](CC/C(=C/c3ccc(O)cc3)c3ccccn3)OB(O)C[C@@H]2S(=O)(=O)C1. The van der Waals surface area contributed by atoms with Crippen molar-refractivity contribution in [1.29, 1.82) is 0 Å². The van der Waals surface area contributed by atoms with Gasteiger partial charge in [-0.15, -0.1) is 0 Å². The second-order valence-electron chi connectivity index (χ2n) is 7.86. The monoisotopic (exact) mass is 425 g/mol. The van der Waals surface area contributed by atoms with Crippen LogP contribution in [0.15, 0.2) is 59.8 Å². The van der Waals surface area contributed by atoms with Gasteiger partial charge in [0, 0.05) is 12.5 Å². The van der Waals surface area contributed by atoms with Crippen molar-refractivity contribution in [2.75, 3.05) is 5.75 Å². The lowest BCUT2D eigenvalue weighted by Gasteiger charge is -2.31. The highest BCUT2D eigenvalue weighted by Gasteiger charge is 2.47. The smallest absolute Gasteiger partial charge is 0.456 e. The van der Waals surface area contributed by atoms with Crippen LogP contribution in [-0.4, -0.2) is 47.8 Å². The summed E-state index contributed by atoms with van der Waals surface area (Å²) in [5.41, 5.74) is 4.36. The molecule has 0 unspecified atom stereocenters. The molecule has 2 N–H and O–H groups in total. The number of aromatic nitrogens is 1. The van der Waals surface area contributed by atoms with Crippen LogP contribution in [0.1, 0.15) is 31.0 Å². The number of hydrogen-bond acceptors (Lipinski definition) is 6. The Kier molecular flexibility index (Phi) is 5.82. The van der Waals surface area contributed by atoms with Gasteiger partial charge < -0.3 is 14.8 Å². The van der Waals surface area contributed by atoms with Gasteiger partial charge in [-0.05, 0) is 66.8 Å². The van der Waals surface area contributed by atoms with Crippen LogP contribution in [0.25, 0.3) is 11.6 Å². The molecule has 8 heteroatoms. The van der Waals surface area contributed by atoms with Gasteiger partial charge in [-0.1, -0.05) is 23.8 Å². The zero-order valence-corrected chi connectivity index (χ0v) is 17.5. The lowest BCUT2D eigenvalue weighted by atomic mass is 9.74. The van der Waals surface area contributed by atoms with Gasteiger partial charge in [0.15, 0.2) is 9.84 Å². The molecule has 3 heterocycles. The minimum absolute atomic E-state index is 0.0377. The Bertz CT molecular complexity index is 1080. The van der Waals surface area contributed by atoms with E-state index in [0.29, 0.717) is 12.8 Å². The number of allylic oxidation sites excluding steroid dienone is 1. The molecule has 0 amide bonds. The van der Waals surface area contributed by atoms with E-state index < -0.39 is 28.3 Å². The highest BCUT2D eigenvalue weighted by Crippen LogP contribution is 2.39. The Morgan fingerprint density at radius 3 is 2.73 bits per heavy atom. The van der Waals surface area contributed by atoms with Gasteiger partial charge in [0.25, 0.3) is 0 Å². The van der Waals surface area contributed by atoms with Gasteiger partial charge in [-0.3, -0.25) is 4.98 Å². The van der Waals surface area contributed by atoms with E-state index >= 15 is 0 Å². The Morgan fingerprint density at radius 2 is 2.03 bits per heavy atom. The first kappa shape index (κ1) is 20.8. The quantitative estimate of drug-likeness (QED) is 0.565. The van der Waals surface area contributed by atoms with E-state index in [0.717, 1.165) is 28.0 Å². The van der Waals surface area contributed by atoms with E-state index in [1.807, 2.05) is 43.3 Å². The van der Waals surface area contributed by atoms with Crippen LogP contribution in [0.4, 0.5) is 0 Å². The third kappa shape index (κ3) is 4.36. The summed E-state index contributed by atoms with van der Waals surface area (Å²) in [7, 11) is -4.35. The number of sulfone groups is 1. The molecular weight excluding hydrogens is 401 g/mol. The van der Waals surface area contributed by atoms with Crippen LogP contribution < -0.4 is 0 Å². The molecule has 2 aliphatic rings. The zero-order valence-electron chi connectivity index (χ0n) is 16.7. The summed E-state index contributed by atoms with van der Waals surface area (Å²) in [5.74, 6) is 0.239. The summed E-state index contributed by atoms with van der Waals surface area (Å²) in [6.07, 6.45) is 4.53. The molecule has 6 nitrogen and oxygen atoms in total. The number of nitrogens with zero attached hydrogens (tertiary/aromatic N) is 1. The van der Waals surface area contributed by atoms with Gasteiger partial charge in [-0.2, -0.15) is 0 Å². The Labute approximate surface area is 177 Å². The molecule has 1 aromatic heterocycles. The molecular formula is C22H24BNO5S. The normalized spacial score (nSPS) is 23.5. The van der Waals surface area contributed by atoms with Crippen LogP contribution in [0.3, 0.4) is 0 Å². The number of rotatable bonds is 5. The van der Waals surface area contributed by atoms with Crippen molar-refractivity contribution < 1.29 is 23.2 Å². The number of pyridine rings is 1. The maximum atomic E-state index is 12.5. The van der Waals surface area contributed by atoms with Crippen LogP contribution >= 0.6 is 0 Å². The molecule has 156 valence electrons. The molecule has 0 aliphatic carbocycles. The van der Waals surface area contributed by atoms with Gasteiger partial charge >= 0.3 is 7.12 Å². The van der Waals surface area contributed by atoms with Crippen LogP contribution in [0.2, 0.25) is 6.32 Å². The lowest BCUT2D eigenvalue weighted by molar-refractivity contribution is 0.171. The van der Waals surface area contributed by atoms with E-state index in [1.54, 1.807) is 18.3 Å². The fourth-order valence-corrected chi connectivity index (χ4v) is 6.49. The summed E-state index contributed by atoms with van der Waals surface area (Å²) in [6.45, 7) is 1.84. The van der Waals surface area contributed by atoms with Crippen molar-refractivity contribution in [3.8, 4) is 5.75 Å². The predicted octanol–water partition coefficient (Wildman–Crippen LogP) is 3.10. The number of benzene rings is 1. The van der Waals surface area contributed by atoms with Crippen molar-refractivity contribution in [3.63, 3.8) is 0 Å². The fourth-order valence-electron chi connectivity index (χ4n) is 4.32. The third-order valence-corrected chi connectivity index (χ3v) is 7.83. The van der Waals surface area contributed by atoms with Gasteiger partial charge in [0.05, 0.1) is 22.8 Å². The predicted molar refractivity (Wildman–Crippen MR) is 117 cm³/mol. The number of phenolic OH excluding ortho intramolecular Hbond substituents is 1. The zero-order chi connectivity index (χ0) is 21.3. The van der Waals surface area contributed by atoms with E-state index in [4.69, 9.17) is 4.65 Å². The number of phenols is 1. The highest BCUT2D eigenvalue weighted by atomic mass is 32.2. The molecule has 2 aromatic rings. The molecule has 1 fully saturated rings. The average Bonchev–Trinajstić information content (AvgIpc) is 2.95. The lowest BCUT2D eigenvalue weighted by Crippen LogP contribution is -2.41. The minimum atomic E-state index is -3.27. The van der Waals surface area contributed by atoms with E-state index in [1.165, 1.54) is 0 Å². The highest BCUT2D eigenvalue weighted by molar-refractivity contribution is 7.92. The van der Waals surface area contributed by atoms with Crippen molar-refractivity contribution in [3.05, 3.63) is 71.1 Å². The summed E-state index contributed by atoms with van der Waals surface area (Å²) in [4.78, 5) is 4.46. The maximum absolute atomic E-state index is 12.5. The summed E-state index contributed by atoms with van der Waals surface area (Å²) < 4.78 is 30.7. The fraction of sp³-hybridized carbons (Fsp3) is 0.318. The first-order valence-corrected chi connectivity index (χ1v) is 11.7. The molecule has 0 spiro atoms. The Morgan fingerprint density at radius 1 is 1.27 bits per heavy atom.